The zero-order chi connectivity index (χ0) is 12.9. The van der Waals surface area contributed by atoms with Gasteiger partial charge in [0.15, 0.2) is 0 Å². The lowest BCUT2D eigenvalue weighted by Crippen LogP contribution is -2.53. The molecule has 0 fully saturated rings. The van der Waals surface area contributed by atoms with Crippen LogP contribution >= 0.6 is 0 Å². The SMILES string of the molecule is CCC(C)[C@H](NC(=O)NC(C)(C)C)C(=O)O. The van der Waals surface area contributed by atoms with Crippen molar-refractivity contribution in [3.05, 3.63) is 0 Å². The summed E-state index contributed by atoms with van der Waals surface area (Å²) in [5, 5.41) is 14.1. The highest BCUT2D eigenvalue weighted by atomic mass is 16.4. The number of rotatable bonds is 4. The number of carbonyl (C=O) groups excluding carboxylic acids is 1. The van der Waals surface area contributed by atoms with Crippen LogP contribution in [0.25, 0.3) is 0 Å². The Hall–Kier alpha value is -1.26. The van der Waals surface area contributed by atoms with Crippen molar-refractivity contribution in [1.82, 2.24) is 10.6 Å². The van der Waals surface area contributed by atoms with Gasteiger partial charge in [0, 0.05) is 5.54 Å². The molecular formula is C11H22N2O3. The Morgan fingerprint density at radius 2 is 1.81 bits per heavy atom. The molecule has 0 aromatic carbocycles. The number of nitrogens with one attached hydrogen (secondary N) is 2. The lowest BCUT2D eigenvalue weighted by Gasteiger charge is -2.25. The van der Waals surface area contributed by atoms with E-state index in [1.165, 1.54) is 0 Å². The minimum absolute atomic E-state index is 0.0942. The first kappa shape index (κ1) is 14.7. The number of amides is 2. The van der Waals surface area contributed by atoms with Crippen molar-refractivity contribution < 1.29 is 14.7 Å². The second-order valence-corrected chi connectivity index (χ2v) is 5.05. The van der Waals surface area contributed by atoms with E-state index in [0.29, 0.717) is 6.42 Å². The summed E-state index contributed by atoms with van der Waals surface area (Å²) in [6, 6.07) is -1.28. The molecule has 0 radical (unpaired) electrons. The van der Waals surface area contributed by atoms with Crippen molar-refractivity contribution in [2.45, 2.75) is 52.6 Å². The van der Waals surface area contributed by atoms with Crippen LogP contribution in [0.1, 0.15) is 41.0 Å². The molecule has 0 bridgehead atoms. The molecule has 3 N–H and O–H groups in total. The van der Waals surface area contributed by atoms with Gasteiger partial charge in [0.25, 0.3) is 0 Å². The zero-order valence-corrected chi connectivity index (χ0v) is 10.6. The van der Waals surface area contributed by atoms with Crippen molar-refractivity contribution in [3.63, 3.8) is 0 Å². The summed E-state index contributed by atoms with van der Waals surface area (Å²) in [5.41, 5.74) is -0.372. The second kappa shape index (κ2) is 5.72. The normalized spacial score (nSPS) is 15.1. The van der Waals surface area contributed by atoms with E-state index in [1.807, 2.05) is 27.7 Å². The summed E-state index contributed by atoms with van der Waals surface area (Å²) < 4.78 is 0. The summed E-state index contributed by atoms with van der Waals surface area (Å²) >= 11 is 0. The van der Waals surface area contributed by atoms with Crippen LogP contribution in [-0.2, 0) is 4.79 Å². The molecule has 0 aliphatic carbocycles. The van der Waals surface area contributed by atoms with Crippen molar-refractivity contribution >= 4 is 12.0 Å². The van der Waals surface area contributed by atoms with E-state index in [1.54, 1.807) is 6.92 Å². The third-order valence-corrected chi connectivity index (χ3v) is 2.25. The van der Waals surface area contributed by atoms with Gasteiger partial charge in [-0.3, -0.25) is 0 Å². The molecule has 5 heteroatoms. The predicted molar refractivity (Wildman–Crippen MR) is 62.3 cm³/mol. The van der Waals surface area contributed by atoms with Crippen molar-refractivity contribution in [2.75, 3.05) is 0 Å². The number of carboxylic acid groups (broad SMARTS) is 1. The van der Waals surface area contributed by atoms with Crippen LogP contribution in [-0.4, -0.2) is 28.7 Å². The molecule has 0 heterocycles. The molecule has 0 saturated carbocycles. The molecule has 2 atom stereocenters. The molecule has 94 valence electrons. The smallest absolute Gasteiger partial charge is 0.326 e. The predicted octanol–water partition coefficient (Wildman–Crippen LogP) is 1.58. The Morgan fingerprint density at radius 1 is 1.31 bits per heavy atom. The molecule has 0 aromatic heterocycles. The monoisotopic (exact) mass is 230 g/mol. The summed E-state index contributed by atoms with van der Waals surface area (Å²) in [4.78, 5) is 22.5. The van der Waals surface area contributed by atoms with Gasteiger partial charge < -0.3 is 15.7 Å². The first-order chi connectivity index (χ1) is 7.17. The highest BCUT2D eigenvalue weighted by Crippen LogP contribution is 2.08. The highest BCUT2D eigenvalue weighted by molar-refractivity contribution is 5.83. The molecule has 5 nitrogen and oxygen atoms in total. The summed E-state index contributed by atoms with van der Waals surface area (Å²) in [6.45, 7) is 9.21. The topological polar surface area (TPSA) is 78.4 Å². The van der Waals surface area contributed by atoms with Gasteiger partial charge in [0.2, 0.25) is 0 Å². The molecule has 1 unspecified atom stereocenters. The van der Waals surface area contributed by atoms with Gasteiger partial charge in [-0.25, -0.2) is 9.59 Å². The highest BCUT2D eigenvalue weighted by Gasteiger charge is 2.26. The Labute approximate surface area is 96.6 Å². The average Bonchev–Trinajstić information content (AvgIpc) is 2.09. The largest absolute Gasteiger partial charge is 0.480 e. The van der Waals surface area contributed by atoms with E-state index in [9.17, 15) is 9.59 Å². The molecule has 0 aromatic rings. The van der Waals surface area contributed by atoms with Crippen LogP contribution in [0.4, 0.5) is 4.79 Å². The molecule has 2 amide bonds. The van der Waals surface area contributed by atoms with E-state index in [-0.39, 0.29) is 11.5 Å². The fourth-order valence-corrected chi connectivity index (χ4v) is 1.20. The van der Waals surface area contributed by atoms with Gasteiger partial charge in [-0.1, -0.05) is 20.3 Å². The van der Waals surface area contributed by atoms with Gasteiger partial charge in [0.1, 0.15) is 6.04 Å². The second-order valence-electron chi connectivity index (χ2n) is 5.05. The molecule has 0 rings (SSSR count). The van der Waals surface area contributed by atoms with E-state index in [2.05, 4.69) is 10.6 Å². The Kier molecular flexibility index (Phi) is 5.27. The quantitative estimate of drug-likeness (QED) is 0.686. The van der Waals surface area contributed by atoms with E-state index in [4.69, 9.17) is 5.11 Å². The van der Waals surface area contributed by atoms with Crippen LogP contribution < -0.4 is 10.6 Å². The Balaban J connectivity index is 4.42. The summed E-state index contributed by atoms with van der Waals surface area (Å²) in [6.07, 6.45) is 0.701. The van der Waals surface area contributed by atoms with Crippen LogP contribution in [0, 0.1) is 5.92 Å². The number of carboxylic acids is 1. The minimum atomic E-state index is -1.00. The lowest BCUT2D eigenvalue weighted by atomic mass is 9.99. The molecular weight excluding hydrogens is 208 g/mol. The number of hydrogen-bond acceptors (Lipinski definition) is 2. The minimum Gasteiger partial charge on any atom is -0.480 e. The number of carbonyl (C=O) groups is 2. The standard InChI is InChI=1S/C11H22N2O3/c1-6-7(2)8(9(14)15)12-10(16)13-11(3,4)5/h7-8H,6H2,1-5H3,(H,14,15)(H2,12,13,16)/t7?,8-/m0/s1. The maximum Gasteiger partial charge on any atom is 0.326 e. The Bertz CT molecular complexity index is 258. The van der Waals surface area contributed by atoms with Crippen LogP contribution in [0.3, 0.4) is 0 Å². The number of hydrogen-bond donors (Lipinski definition) is 3. The Morgan fingerprint density at radius 3 is 2.12 bits per heavy atom. The summed E-state index contributed by atoms with van der Waals surface area (Å²) in [7, 11) is 0. The van der Waals surface area contributed by atoms with Gasteiger partial charge in [-0.2, -0.15) is 0 Å². The number of aliphatic carboxylic acids is 1. The fraction of sp³-hybridized carbons (Fsp3) is 0.818. The maximum atomic E-state index is 11.5. The third kappa shape index (κ3) is 5.58. The summed E-state index contributed by atoms with van der Waals surface area (Å²) in [5.74, 6) is -1.10. The third-order valence-electron chi connectivity index (χ3n) is 2.25. The van der Waals surface area contributed by atoms with Crippen molar-refractivity contribution in [1.29, 1.82) is 0 Å². The van der Waals surface area contributed by atoms with Gasteiger partial charge in [-0.05, 0) is 26.7 Å². The van der Waals surface area contributed by atoms with Crippen LogP contribution in [0.5, 0.6) is 0 Å². The molecule has 0 aliphatic rings. The average molecular weight is 230 g/mol. The fourth-order valence-electron chi connectivity index (χ4n) is 1.20. The van der Waals surface area contributed by atoms with E-state index in [0.717, 1.165) is 0 Å². The van der Waals surface area contributed by atoms with Crippen molar-refractivity contribution in [2.24, 2.45) is 5.92 Å². The maximum absolute atomic E-state index is 11.5. The van der Waals surface area contributed by atoms with Gasteiger partial charge in [-0.15, -0.1) is 0 Å². The van der Waals surface area contributed by atoms with Gasteiger partial charge in [0.05, 0.1) is 0 Å². The first-order valence-corrected chi connectivity index (χ1v) is 5.49. The van der Waals surface area contributed by atoms with E-state index >= 15 is 0 Å². The van der Waals surface area contributed by atoms with Crippen molar-refractivity contribution in [3.8, 4) is 0 Å². The van der Waals surface area contributed by atoms with Crippen LogP contribution in [0.2, 0.25) is 0 Å². The molecule has 0 saturated heterocycles. The van der Waals surface area contributed by atoms with Gasteiger partial charge >= 0.3 is 12.0 Å². The zero-order valence-electron chi connectivity index (χ0n) is 10.6. The number of urea groups is 1. The lowest BCUT2D eigenvalue weighted by molar-refractivity contribution is -0.140. The molecule has 0 aliphatic heterocycles. The molecule has 16 heavy (non-hydrogen) atoms. The molecule has 0 spiro atoms. The first-order valence-electron chi connectivity index (χ1n) is 5.49. The van der Waals surface area contributed by atoms with E-state index < -0.39 is 18.0 Å². The van der Waals surface area contributed by atoms with Crippen LogP contribution in [0.15, 0.2) is 0 Å².